The van der Waals surface area contributed by atoms with Gasteiger partial charge in [0.2, 0.25) is 5.91 Å². The summed E-state index contributed by atoms with van der Waals surface area (Å²) in [7, 11) is 0. The summed E-state index contributed by atoms with van der Waals surface area (Å²) in [5.74, 6) is 1.46. The van der Waals surface area contributed by atoms with E-state index in [0.717, 1.165) is 36.7 Å². The number of nitrogens with one attached hydrogen (secondary N) is 1. The average molecular weight is 394 g/mol. The van der Waals surface area contributed by atoms with Crippen molar-refractivity contribution < 1.29 is 9.72 Å². The fourth-order valence-electron chi connectivity index (χ4n) is 2.74. The number of benzene rings is 1. The minimum atomic E-state index is -0.579. The fourth-order valence-corrected chi connectivity index (χ4v) is 3.74. The predicted molar refractivity (Wildman–Crippen MR) is 97.7 cm³/mol. The molecule has 0 atom stereocenters. The Labute approximate surface area is 158 Å². The molecular weight excluding hydrogens is 378 g/mol. The Kier molecular flexibility index (Phi) is 4.58. The third kappa shape index (κ3) is 3.68. The summed E-state index contributed by atoms with van der Waals surface area (Å²) in [4.78, 5) is 22.6. The second-order valence-electron chi connectivity index (χ2n) is 6.48. The van der Waals surface area contributed by atoms with Crippen LogP contribution in [0.1, 0.15) is 43.5 Å². The van der Waals surface area contributed by atoms with E-state index in [1.165, 1.54) is 30.0 Å². The molecule has 2 aliphatic rings. The zero-order valence-corrected chi connectivity index (χ0v) is 15.3. The molecule has 0 spiro atoms. The molecule has 26 heavy (non-hydrogen) atoms. The molecule has 0 saturated heterocycles. The molecule has 10 heteroatoms. The molecule has 8 nitrogen and oxygen atoms in total. The van der Waals surface area contributed by atoms with E-state index in [9.17, 15) is 14.9 Å². The van der Waals surface area contributed by atoms with Crippen LogP contribution < -0.4 is 5.32 Å². The third-order valence-electron chi connectivity index (χ3n) is 4.30. The van der Waals surface area contributed by atoms with E-state index in [2.05, 4.69) is 20.1 Å². The number of amides is 1. The molecule has 2 aliphatic carbocycles. The fraction of sp³-hybridized carbons (Fsp3) is 0.438. The SMILES string of the molecule is O=C(CSc1nnc(C2CC2)n1C1CC1)Nc1ccc(Cl)c([N+](=O)[O-])c1. The van der Waals surface area contributed by atoms with Crippen molar-refractivity contribution in [1.29, 1.82) is 0 Å². The first kappa shape index (κ1) is 17.3. The van der Waals surface area contributed by atoms with Crippen LogP contribution in [0.3, 0.4) is 0 Å². The molecule has 2 saturated carbocycles. The van der Waals surface area contributed by atoms with Gasteiger partial charge >= 0.3 is 0 Å². The van der Waals surface area contributed by atoms with E-state index in [1.54, 1.807) is 0 Å². The van der Waals surface area contributed by atoms with Gasteiger partial charge in [0.05, 0.1) is 10.7 Å². The first-order valence-electron chi connectivity index (χ1n) is 8.34. The largest absolute Gasteiger partial charge is 0.325 e. The Morgan fingerprint density at radius 3 is 2.77 bits per heavy atom. The van der Waals surface area contributed by atoms with Crippen LogP contribution in [0.15, 0.2) is 23.4 Å². The normalized spacial score (nSPS) is 16.5. The van der Waals surface area contributed by atoms with E-state index in [-0.39, 0.29) is 22.4 Å². The highest BCUT2D eigenvalue weighted by Gasteiger charge is 2.36. The Bertz CT molecular complexity index is 879. The lowest BCUT2D eigenvalue weighted by Crippen LogP contribution is -2.15. The molecule has 1 aromatic carbocycles. The molecule has 1 amide bonds. The Balaban J connectivity index is 1.40. The number of hydrogen-bond acceptors (Lipinski definition) is 6. The summed E-state index contributed by atoms with van der Waals surface area (Å²) in [6.45, 7) is 0. The smallest absolute Gasteiger partial charge is 0.289 e. The minimum absolute atomic E-state index is 0.0347. The van der Waals surface area contributed by atoms with Gasteiger partial charge in [-0.05, 0) is 37.8 Å². The summed E-state index contributed by atoms with van der Waals surface area (Å²) < 4.78 is 2.18. The number of anilines is 1. The number of thioether (sulfide) groups is 1. The number of carbonyl (C=O) groups excluding carboxylic acids is 1. The van der Waals surface area contributed by atoms with Crippen molar-refractivity contribution in [2.45, 2.75) is 42.8 Å². The Hall–Kier alpha value is -2.13. The quantitative estimate of drug-likeness (QED) is 0.436. The van der Waals surface area contributed by atoms with Crippen molar-refractivity contribution in [3.05, 3.63) is 39.2 Å². The van der Waals surface area contributed by atoms with Crippen LogP contribution in [0.2, 0.25) is 5.02 Å². The van der Waals surface area contributed by atoms with Gasteiger partial charge in [-0.3, -0.25) is 14.9 Å². The molecule has 0 radical (unpaired) electrons. The Morgan fingerprint density at radius 2 is 2.12 bits per heavy atom. The van der Waals surface area contributed by atoms with Crippen molar-refractivity contribution in [3.63, 3.8) is 0 Å². The molecule has 2 fully saturated rings. The second-order valence-corrected chi connectivity index (χ2v) is 7.83. The molecule has 1 N–H and O–H groups in total. The number of halogens is 1. The molecule has 2 aromatic rings. The molecule has 4 rings (SSSR count). The zero-order chi connectivity index (χ0) is 18.3. The number of carbonyl (C=O) groups is 1. The van der Waals surface area contributed by atoms with Crippen molar-refractivity contribution in [3.8, 4) is 0 Å². The van der Waals surface area contributed by atoms with E-state index >= 15 is 0 Å². The summed E-state index contributed by atoms with van der Waals surface area (Å²) in [6, 6.07) is 4.65. The first-order valence-corrected chi connectivity index (χ1v) is 9.70. The lowest BCUT2D eigenvalue weighted by molar-refractivity contribution is -0.384. The third-order valence-corrected chi connectivity index (χ3v) is 5.57. The monoisotopic (exact) mass is 393 g/mol. The van der Waals surface area contributed by atoms with Crippen molar-refractivity contribution in [2.75, 3.05) is 11.1 Å². The van der Waals surface area contributed by atoms with E-state index in [0.29, 0.717) is 17.6 Å². The summed E-state index contributed by atoms with van der Waals surface area (Å²) in [5.41, 5.74) is 0.105. The van der Waals surface area contributed by atoms with Gasteiger partial charge in [-0.1, -0.05) is 23.4 Å². The molecule has 0 aliphatic heterocycles. The number of nitrogens with zero attached hydrogens (tertiary/aromatic N) is 4. The molecular formula is C16H16ClN5O3S. The van der Waals surface area contributed by atoms with Gasteiger partial charge < -0.3 is 9.88 Å². The maximum absolute atomic E-state index is 12.2. The first-order chi connectivity index (χ1) is 12.5. The van der Waals surface area contributed by atoms with Crippen LogP contribution in [0.5, 0.6) is 0 Å². The maximum atomic E-state index is 12.2. The van der Waals surface area contributed by atoms with Gasteiger partial charge in [0.15, 0.2) is 5.16 Å². The van der Waals surface area contributed by atoms with Crippen LogP contribution in [-0.2, 0) is 4.79 Å². The predicted octanol–water partition coefficient (Wildman–Crippen LogP) is 3.78. The van der Waals surface area contributed by atoms with Crippen molar-refractivity contribution in [1.82, 2.24) is 14.8 Å². The molecule has 1 aromatic heterocycles. The summed E-state index contributed by atoms with van der Waals surface area (Å²) in [5, 5.41) is 23.0. The zero-order valence-electron chi connectivity index (χ0n) is 13.7. The number of hydrogen-bond donors (Lipinski definition) is 1. The van der Waals surface area contributed by atoms with Crippen molar-refractivity contribution >= 4 is 40.6 Å². The highest BCUT2D eigenvalue weighted by molar-refractivity contribution is 7.99. The van der Waals surface area contributed by atoms with E-state index in [4.69, 9.17) is 11.6 Å². The van der Waals surface area contributed by atoms with Gasteiger partial charge in [0, 0.05) is 23.7 Å². The minimum Gasteiger partial charge on any atom is -0.325 e. The molecule has 0 unspecified atom stereocenters. The topological polar surface area (TPSA) is 103 Å². The number of nitro benzene ring substituents is 1. The van der Waals surface area contributed by atoms with Gasteiger partial charge in [-0.15, -0.1) is 10.2 Å². The highest BCUT2D eigenvalue weighted by Crippen LogP contribution is 2.46. The van der Waals surface area contributed by atoms with Gasteiger partial charge in [0.25, 0.3) is 5.69 Å². The lowest BCUT2D eigenvalue weighted by atomic mass is 10.3. The van der Waals surface area contributed by atoms with Crippen molar-refractivity contribution in [2.24, 2.45) is 0 Å². The van der Waals surface area contributed by atoms with E-state index in [1.807, 2.05) is 0 Å². The molecule has 136 valence electrons. The van der Waals surface area contributed by atoms with Crippen LogP contribution in [0, 0.1) is 10.1 Å². The lowest BCUT2D eigenvalue weighted by Gasteiger charge is -2.08. The van der Waals surface area contributed by atoms with Crippen LogP contribution >= 0.6 is 23.4 Å². The van der Waals surface area contributed by atoms with Crippen LogP contribution in [0.25, 0.3) is 0 Å². The van der Waals surface area contributed by atoms with Gasteiger partial charge in [-0.2, -0.15) is 0 Å². The second kappa shape index (κ2) is 6.88. The summed E-state index contributed by atoms with van der Waals surface area (Å²) in [6.07, 6.45) is 4.58. The highest BCUT2D eigenvalue weighted by atomic mass is 35.5. The van der Waals surface area contributed by atoms with Crippen LogP contribution in [0.4, 0.5) is 11.4 Å². The van der Waals surface area contributed by atoms with E-state index < -0.39 is 4.92 Å². The standard InChI is InChI=1S/C16H16ClN5O3S/c17-12-6-3-10(7-13(12)22(24)25)18-14(23)8-26-16-20-19-15(9-1-2-9)21(16)11-4-5-11/h3,6-7,9,11H,1-2,4-5,8H2,(H,18,23). The maximum Gasteiger partial charge on any atom is 0.289 e. The molecule has 0 bridgehead atoms. The van der Waals surface area contributed by atoms with Crippen LogP contribution in [-0.4, -0.2) is 31.3 Å². The number of rotatable bonds is 7. The number of nitro groups is 1. The van der Waals surface area contributed by atoms with Gasteiger partial charge in [0.1, 0.15) is 10.8 Å². The number of aromatic nitrogens is 3. The Morgan fingerprint density at radius 1 is 1.35 bits per heavy atom. The average Bonchev–Trinajstić information content (AvgIpc) is 3.53. The van der Waals surface area contributed by atoms with Gasteiger partial charge in [-0.25, -0.2) is 0 Å². The molecule has 1 heterocycles. The summed E-state index contributed by atoms with van der Waals surface area (Å²) >= 11 is 7.12.